The average molecular weight is 277 g/mol. The first-order valence-electron chi connectivity index (χ1n) is 6.66. The highest BCUT2D eigenvalue weighted by molar-refractivity contribution is 7.09. The van der Waals surface area contributed by atoms with Gasteiger partial charge in [-0.3, -0.25) is 0 Å². The summed E-state index contributed by atoms with van der Waals surface area (Å²) in [6.07, 6.45) is 1.00. The van der Waals surface area contributed by atoms with Gasteiger partial charge in [0.2, 0.25) is 0 Å². The molecule has 1 N–H and O–H groups in total. The Hall–Kier alpha value is -1.19. The largest absolute Gasteiger partial charge is 0.314 e. The highest BCUT2D eigenvalue weighted by Gasteiger charge is 2.13. The number of hydrogen-bond acceptors (Lipinski definition) is 2. The maximum Gasteiger partial charge on any atom is 0.123 e. The van der Waals surface area contributed by atoms with E-state index in [1.54, 1.807) is 23.5 Å². The normalized spacial score (nSPS) is 12.8. The monoisotopic (exact) mass is 277 g/mol. The summed E-state index contributed by atoms with van der Waals surface area (Å²) in [7, 11) is 0. The second kappa shape index (κ2) is 6.83. The third-order valence-electron chi connectivity index (χ3n) is 3.14. The summed E-state index contributed by atoms with van der Waals surface area (Å²) < 4.78 is 13.0. The summed E-state index contributed by atoms with van der Waals surface area (Å²) in [6, 6.07) is 11.6. The van der Waals surface area contributed by atoms with Crippen LogP contribution < -0.4 is 5.32 Å². The summed E-state index contributed by atoms with van der Waals surface area (Å²) in [5, 5.41) is 5.59. The molecule has 1 unspecified atom stereocenters. The van der Waals surface area contributed by atoms with Gasteiger partial charge in [-0.05, 0) is 35.6 Å². The highest BCUT2D eigenvalue weighted by atomic mass is 32.1. The predicted molar refractivity (Wildman–Crippen MR) is 80.3 cm³/mol. The molecule has 3 heteroatoms. The van der Waals surface area contributed by atoms with E-state index in [1.165, 1.54) is 10.4 Å². The summed E-state index contributed by atoms with van der Waals surface area (Å²) in [6.45, 7) is 5.21. The molecule has 0 aliphatic rings. The fourth-order valence-electron chi connectivity index (χ4n) is 2.09. The molecule has 1 aromatic heterocycles. The van der Waals surface area contributed by atoms with Crippen molar-refractivity contribution in [1.82, 2.24) is 5.32 Å². The third kappa shape index (κ3) is 4.44. The van der Waals surface area contributed by atoms with Crippen LogP contribution in [0, 0.1) is 5.82 Å². The van der Waals surface area contributed by atoms with Gasteiger partial charge in [0.1, 0.15) is 5.82 Å². The van der Waals surface area contributed by atoms with Gasteiger partial charge in [0.15, 0.2) is 0 Å². The Morgan fingerprint density at radius 3 is 2.47 bits per heavy atom. The first kappa shape index (κ1) is 14.2. The zero-order chi connectivity index (χ0) is 13.7. The maximum absolute atomic E-state index is 13.0. The Kier molecular flexibility index (Phi) is 5.11. The smallest absolute Gasteiger partial charge is 0.123 e. The van der Waals surface area contributed by atoms with Crippen LogP contribution in [0.1, 0.15) is 30.2 Å². The van der Waals surface area contributed by atoms with Crippen LogP contribution in [0.5, 0.6) is 0 Å². The molecule has 0 aliphatic carbocycles. The lowest BCUT2D eigenvalue weighted by molar-refractivity contribution is 0.527. The van der Waals surface area contributed by atoms with Crippen molar-refractivity contribution in [2.75, 3.05) is 6.54 Å². The van der Waals surface area contributed by atoms with Gasteiger partial charge >= 0.3 is 0 Å². The third-order valence-corrected chi connectivity index (χ3v) is 4.04. The molecule has 1 nitrogen and oxygen atoms in total. The van der Waals surface area contributed by atoms with E-state index >= 15 is 0 Å². The zero-order valence-electron chi connectivity index (χ0n) is 11.4. The molecule has 1 aromatic carbocycles. The lowest BCUT2D eigenvalue weighted by Crippen LogP contribution is -2.28. The molecule has 0 amide bonds. The van der Waals surface area contributed by atoms with Crippen molar-refractivity contribution >= 4 is 11.3 Å². The first-order chi connectivity index (χ1) is 9.15. The van der Waals surface area contributed by atoms with Crippen LogP contribution in [0.2, 0.25) is 0 Å². The summed E-state index contributed by atoms with van der Waals surface area (Å²) in [5.74, 6) is 0.220. The second-order valence-corrected chi connectivity index (χ2v) is 6.13. The molecule has 0 spiro atoms. The number of nitrogens with one attached hydrogen (secondary N) is 1. The Balaban J connectivity index is 2.11. The van der Waals surface area contributed by atoms with Crippen LogP contribution in [-0.4, -0.2) is 12.6 Å². The van der Waals surface area contributed by atoms with Gasteiger partial charge < -0.3 is 5.32 Å². The van der Waals surface area contributed by atoms with Crippen molar-refractivity contribution in [3.05, 3.63) is 58.0 Å². The summed E-state index contributed by atoms with van der Waals surface area (Å²) in [4.78, 5) is 1.37. The van der Waals surface area contributed by atoms with E-state index in [2.05, 4.69) is 36.7 Å². The van der Waals surface area contributed by atoms with Gasteiger partial charge in [-0.25, -0.2) is 4.39 Å². The van der Waals surface area contributed by atoms with Crippen molar-refractivity contribution < 1.29 is 4.39 Å². The fraction of sp³-hybridized carbons (Fsp3) is 0.375. The Morgan fingerprint density at radius 1 is 1.16 bits per heavy atom. The van der Waals surface area contributed by atoms with E-state index in [-0.39, 0.29) is 5.82 Å². The fourth-order valence-corrected chi connectivity index (χ4v) is 2.88. The minimum atomic E-state index is -0.171. The molecule has 0 saturated heterocycles. The Bertz CT molecular complexity index is 476. The Labute approximate surface area is 118 Å². The standard InChI is InChI=1S/C16H20FNS/c1-12(2)18-11-14(10-16-4-3-9-19-16)13-5-7-15(17)8-6-13/h3-9,12,14,18H,10-11H2,1-2H3. The van der Waals surface area contributed by atoms with Gasteiger partial charge in [-0.1, -0.05) is 32.0 Å². The van der Waals surface area contributed by atoms with E-state index in [0.717, 1.165) is 13.0 Å². The molecule has 1 atom stereocenters. The lowest BCUT2D eigenvalue weighted by atomic mass is 9.94. The molecular weight excluding hydrogens is 257 g/mol. The zero-order valence-corrected chi connectivity index (χ0v) is 12.2. The van der Waals surface area contributed by atoms with Gasteiger partial charge in [-0.2, -0.15) is 0 Å². The quantitative estimate of drug-likeness (QED) is 0.834. The number of thiophene rings is 1. The molecule has 0 radical (unpaired) electrons. The van der Waals surface area contributed by atoms with Crippen LogP contribution in [0.4, 0.5) is 4.39 Å². The topological polar surface area (TPSA) is 12.0 Å². The van der Waals surface area contributed by atoms with E-state index in [9.17, 15) is 4.39 Å². The lowest BCUT2D eigenvalue weighted by Gasteiger charge is -2.19. The summed E-state index contributed by atoms with van der Waals surface area (Å²) in [5.41, 5.74) is 1.20. The predicted octanol–water partition coefficient (Wildman–Crippen LogP) is 4.21. The molecule has 19 heavy (non-hydrogen) atoms. The first-order valence-corrected chi connectivity index (χ1v) is 7.54. The van der Waals surface area contributed by atoms with Gasteiger partial charge in [0, 0.05) is 23.4 Å². The van der Waals surface area contributed by atoms with Crippen molar-refractivity contribution in [3.8, 4) is 0 Å². The molecule has 2 rings (SSSR count). The number of halogens is 1. The number of hydrogen-bond donors (Lipinski definition) is 1. The van der Waals surface area contributed by atoms with Crippen LogP contribution >= 0.6 is 11.3 Å². The van der Waals surface area contributed by atoms with Crippen molar-refractivity contribution in [2.45, 2.75) is 32.2 Å². The molecule has 102 valence electrons. The van der Waals surface area contributed by atoms with Gasteiger partial charge in [-0.15, -0.1) is 11.3 Å². The van der Waals surface area contributed by atoms with E-state index in [1.807, 2.05) is 12.1 Å². The molecule has 0 fully saturated rings. The molecule has 0 aliphatic heterocycles. The van der Waals surface area contributed by atoms with Crippen molar-refractivity contribution in [3.63, 3.8) is 0 Å². The maximum atomic E-state index is 13.0. The molecule has 1 heterocycles. The molecule has 0 bridgehead atoms. The van der Waals surface area contributed by atoms with E-state index in [4.69, 9.17) is 0 Å². The van der Waals surface area contributed by atoms with Crippen molar-refractivity contribution in [2.24, 2.45) is 0 Å². The van der Waals surface area contributed by atoms with Crippen LogP contribution in [0.25, 0.3) is 0 Å². The minimum Gasteiger partial charge on any atom is -0.314 e. The van der Waals surface area contributed by atoms with Crippen LogP contribution in [0.15, 0.2) is 41.8 Å². The Morgan fingerprint density at radius 2 is 1.89 bits per heavy atom. The molecule has 2 aromatic rings. The van der Waals surface area contributed by atoms with E-state index < -0.39 is 0 Å². The SMILES string of the molecule is CC(C)NCC(Cc1cccs1)c1ccc(F)cc1. The van der Waals surface area contributed by atoms with Gasteiger partial charge in [0.05, 0.1) is 0 Å². The van der Waals surface area contributed by atoms with Gasteiger partial charge in [0.25, 0.3) is 0 Å². The molecule has 0 saturated carbocycles. The average Bonchev–Trinajstić information content (AvgIpc) is 2.88. The highest BCUT2D eigenvalue weighted by Crippen LogP contribution is 2.23. The van der Waals surface area contributed by atoms with E-state index in [0.29, 0.717) is 12.0 Å². The summed E-state index contributed by atoms with van der Waals surface area (Å²) >= 11 is 1.78. The number of rotatable bonds is 6. The van der Waals surface area contributed by atoms with Crippen LogP contribution in [0.3, 0.4) is 0 Å². The van der Waals surface area contributed by atoms with Crippen molar-refractivity contribution in [1.29, 1.82) is 0 Å². The minimum absolute atomic E-state index is 0.171. The molecular formula is C16H20FNS. The second-order valence-electron chi connectivity index (χ2n) is 5.09. The number of benzene rings is 1. The van der Waals surface area contributed by atoms with Crippen LogP contribution in [-0.2, 0) is 6.42 Å².